The molecule has 0 saturated heterocycles. The van der Waals surface area contributed by atoms with E-state index in [9.17, 15) is 5.11 Å². The van der Waals surface area contributed by atoms with Crippen molar-refractivity contribution in [2.75, 3.05) is 0 Å². The first-order chi connectivity index (χ1) is 13.2. The van der Waals surface area contributed by atoms with Gasteiger partial charge in [-0.3, -0.25) is 0 Å². The van der Waals surface area contributed by atoms with Crippen molar-refractivity contribution in [2.24, 2.45) is 0 Å². The molecule has 1 nitrogen and oxygen atoms in total. The Bertz CT molecular complexity index is 982. The monoisotopic (exact) mass is 350 g/mol. The van der Waals surface area contributed by atoms with E-state index in [4.69, 9.17) is 0 Å². The van der Waals surface area contributed by atoms with Gasteiger partial charge in [-0.05, 0) is 46.9 Å². The van der Waals surface area contributed by atoms with Crippen LogP contribution in [0.2, 0.25) is 0 Å². The van der Waals surface area contributed by atoms with Crippen LogP contribution in [0.5, 0.6) is 5.75 Å². The van der Waals surface area contributed by atoms with Gasteiger partial charge in [-0.25, -0.2) is 0 Å². The molecule has 0 bridgehead atoms. The van der Waals surface area contributed by atoms with Gasteiger partial charge >= 0.3 is 0 Å². The van der Waals surface area contributed by atoms with E-state index in [0.29, 0.717) is 5.75 Å². The summed E-state index contributed by atoms with van der Waals surface area (Å²) < 4.78 is 0. The molecule has 0 aliphatic heterocycles. The van der Waals surface area contributed by atoms with Gasteiger partial charge in [0.05, 0.1) is 0 Å². The summed E-state index contributed by atoms with van der Waals surface area (Å²) in [5.41, 5.74) is 6.69. The standard InChI is InChI=1S/C26H22O/c1-19-17-25(27)24(20-11-5-2-6-12-20)18-23(19)26(21-13-7-3-8-14-21)22-15-9-4-10-16-22/h2-18,26-27H,1H3. The summed E-state index contributed by atoms with van der Waals surface area (Å²) in [7, 11) is 0. The Balaban J connectivity index is 1.93. The highest BCUT2D eigenvalue weighted by atomic mass is 16.3. The first kappa shape index (κ1) is 17.1. The highest BCUT2D eigenvalue weighted by molar-refractivity contribution is 5.72. The third-order valence-corrected chi connectivity index (χ3v) is 5.05. The highest BCUT2D eigenvalue weighted by Crippen LogP contribution is 2.39. The minimum absolute atomic E-state index is 0.121. The largest absolute Gasteiger partial charge is 0.507 e. The summed E-state index contributed by atoms with van der Waals surface area (Å²) in [5, 5.41) is 10.6. The lowest BCUT2D eigenvalue weighted by molar-refractivity contribution is 0.476. The van der Waals surface area contributed by atoms with E-state index in [-0.39, 0.29) is 5.92 Å². The second kappa shape index (κ2) is 7.51. The minimum atomic E-state index is 0.121. The first-order valence-corrected chi connectivity index (χ1v) is 9.23. The molecule has 4 aromatic carbocycles. The number of hydrogen-bond donors (Lipinski definition) is 1. The molecule has 0 spiro atoms. The van der Waals surface area contributed by atoms with Crippen LogP contribution in [0.15, 0.2) is 103 Å². The summed E-state index contributed by atoms with van der Waals surface area (Å²) in [6.07, 6.45) is 0. The van der Waals surface area contributed by atoms with Gasteiger partial charge < -0.3 is 5.11 Å². The minimum Gasteiger partial charge on any atom is -0.507 e. The molecule has 0 heterocycles. The van der Waals surface area contributed by atoms with Crippen molar-refractivity contribution in [3.8, 4) is 16.9 Å². The zero-order valence-electron chi connectivity index (χ0n) is 15.3. The van der Waals surface area contributed by atoms with Crippen LogP contribution in [-0.4, -0.2) is 5.11 Å². The number of aromatic hydroxyl groups is 1. The van der Waals surface area contributed by atoms with E-state index in [1.165, 1.54) is 16.7 Å². The summed E-state index contributed by atoms with van der Waals surface area (Å²) in [4.78, 5) is 0. The van der Waals surface area contributed by atoms with Crippen LogP contribution in [0.3, 0.4) is 0 Å². The Morgan fingerprint density at radius 1 is 0.630 bits per heavy atom. The molecule has 0 fully saturated rings. The summed E-state index contributed by atoms with van der Waals surface area (Å²) in [6, 6.07) is 35.2. The van der Waals surface area contributed by atoms with Crippen LogP contribution in [0.1, 0.15) is 28.2 Å². The predicted molar refractivity (Wildman–Crippen MR) is 112 cm³/mol. The molecule has 0 unspecified atom stereocenters. The lowest BCUT2D eigenvalue weighted by atomic mass is 9.82. The van der Waals surface area contributed by atoms with E-state index in [1.807, 2.05) is 48.5 Å². The number of phenolic OH excluding ortho intramolecular Hbond substituents is 1. The van der Waals surface area contributed by atoms with Crippen molar-refractivity contribution in [2.45, 2.75) is 12.8 Å². The lowest BCUT2D eigenvalue weighted by Gasteiger charge is -2.22. The number of rotatable bonds is 4. The summed E-state index contributed by atoms with van der Waals surface area (Å²) >= 11 is 0. The second-order valence-electron chi connectivity index (χ2n) is 6.85. The smallest absolute Gasteiger partial charge is 0.123 e. The van der Waals surface area contributed by atoms with Crippen molar-refractivity contribution in [1.82, 2.24) is 0 Å². The zero-order chi connectivity index (χ0) is 18.6. The molecule has 4 aromatic rings. The summed E-state index contributed by atoms with van der Waals surface area (Å²) in [6.45, 7) is 2.07. The van der Waals surface area contributed by atoms with Gasteiger partial charge in [0, 0.05) is 11.5 Å². The molecule has 0 radical (unpaired) electrons. The average molecular weight is 350 g/mol. The Morgan fingerprint density at radius 2 is 1.11 bits per heavy atom. The molecule has 0 aliphatic rings. The number of phenols is 1. The van der Waals surface area contributed by atoms with E-state index in [1.54, 1.807) is 0 Å². The van der Waals surface area contributed by atoms with Gasteiger partial charge in [0.25, 0.3) is 0 Å². The first-order valence-electron chi connectivity index (χ1n) is 9.23. The zero-order valence-corrected chi connectivity index (χ0v) is 15.3. The molecule has 0 amide bonds. The predicted octanol–water partition coefficient (Wildman–Crippen LogP) is 6.55. The second-order valence-corrected chi connectivity index (χ2v) is 6.85. The van der Waals surface area contributed by atoms with Crippen molar-refractivity contribution in [3.63, 3.8) is 0 Å². The van der Waals surface area contributed by atoms with E-state index in [2.05, 4.69) is 61.5 Å². The fourth-order valence-electron chi connectivity index (χ4n) is 3.71. The Labute approximate surface area is 160 Å². The maximum atomic E-state index is 10.6. The number of aryl methyl sites for hydroxylation is 1. The van der Waals surface area contributed by atoms with Gasteiger partial charge in [0.1, 0.15) is 5.75 Å². The third kappa shape index (κ3) is 3.50. The Hall–Kier alpha value is -3.32. The fraction of sp³-hybridized carbons (Fsp3) is 0.0769. The van der Waals surface area contributed by atoms with Gasteiger partial charge in [0.15, 0.2) is 0 Å². The maximum absolute atomic E-state index is 10.6. The van der Waals surface area contributed by atoms with Crippen molar-refractivity contribution < 1.29 is 5.11 Å². The van der Waals surface area contributed by atoms with Gasteiger partial charge in [0.2, 0.25) is 0 Å². The normalized spacial score (nSPS) is 10.9. The maximum Gasteiger partial charge on any atom is 0.123 e. The number of benzene rings is 4. The Morgan fingerprint density at radius 3 is 1.63 bits per heavy atom. The molecule has 132 valence electrons. The third-order valence-electron chi connectivity index (χ3n) is 5.05. The molecular formula is C26H22O. The van der Waals surface area contributed by atoms with Gasteiger partial charge in [-0.15, -0.1) is 0 Å². The molecule has 1 N–H and O–H groups in total. The molecule has 0 atom stereocenters. The molecule has 4 rings (SSSR count). The lowest BCUT2D eigenvalue weighted by Crippen LogP contribution is -2.05. The molecule has 0 aromatic heterocycles. The molecular weight excluding hydrogens is 328 g/mol. The highest BCUT2D eigenvalue weighted by Gasteiger charge is 2.20. The molecule has 1 heteroatoms. The van der Waals surface area contributed by atoms with E-state index >= 15 is 0 Å². The topological polar surface area (TPSA) is 20.2 Å². The van der Waals surface area contributed by atoms with Crippen LogP contribution >= 0.6 is 0 Å². The Kier molecular flexibility index (Phi) is 4.76. The van der Waals surface area contributed by atoms with Crippen LogP contribution < -0.4 is 0 Å². The SMILES string of the molecule is Cc1cc(O)c(-c2ccccc2)cc1C(c1ccccc1)c1ccccc1. The van der Waals surface area contributed by atoms with Gasteiger partial charge in [-0.1, -0.05) is 91.0 Å². The van der Waals surface area contributed by atoms with Crippen LogP contribution in [0.25, 0.3) is 11.1 Å². The van der Waals surface area contributed by atoms with Crippen molar-refractivity contribution in [3.05, 3.63) is 125 Å². The quantitative estimate of drug-likeness (QED) is 0.414. The van der Waals surface area contributed by atoms with Crippen LogP contribution in [-0.2, 0) is 0 Å². The van der Waals surface area contributed by atoms with Crippen molar-refractivity contribution >= 4 is 0 Å². The number of hydrogen-bond acceptors (Lipinski definition) is 1. The molecule has 0 saturated carbocycles. The molecule has 27 heavy (non-hydrogen) atoms. The molecule has 0 aliphatic carbocycles. The van der Waals surface area contributed by atoms with Crippen LogP contribution in [0.4, 0.5) is 0 Å². The van der Waals surface area contributed by atoms with Crippen LogP contribution in [0, 0.1) is 6.92 Å². The average Bonchev–Trinajstić information content (AvgIpc) is 2.72. The van der Waals surface area contributed by atoms with Gasteiger partial charge in [-0.2, -0.15) is 0 Å². The van der Waals surface area contributed by atoms with E-state index < -0.39 is 0 Å². The summed E-state index contributed by atoms with van der Waals surface area (Å²) in [5.74, 6) is 0.442. The van der Waals surface area contributed by atoms with Crippen molar-refractivity contribution in [1.29, 1.82) is 0 Å². The fourth-order valence-corrected chi connectivity index (χ4v) is 3.71. The van der Waals surface area contributed by atoms with E-state index in [0.717, 1.165) is 16.7 Å².